The molecule has 5 rings (SSSR count). The number of hydrogen-bond acceptors (Lipinski definition) is 7. The van der Waals surface area contributed by atoms with Gasteiger partial charge in [-0.15, -0.1) is 0 Å². The summed E-state index contributed by atoms with van der Waals surface area (Å²) < 4.78 is 42.2. The average Bonchev–Trinajstić information content (AvgIpc) is 3.92. The molecule has 1 aliphatic heterocycles. The Kier molecular flexibility index (Phi) is 12.4. The Labute approximate surface area is 279 Å². The Morgan fingerprint density at radius 2 is 1.87 bits per heavy atom. The summed E-state index contributed by atoms with van der Waals surface area (Å²) >= 11 is 6.52. The van der Waals surface area contributed by atoms with Crippen LogP contribution in [0.2, 0.25) is 5.02 Å². The number of nitrogens with zero attached hydrogens (tertiary/aromatic N) is 2. The van der Waals surface area contributed by atoms with E-state index in [-0.39, 0.29) is 37.5 Å². The molecular weight excluding hydrogens is 630 g/mol. The summed E-state index contributed by atoms with van der Waals surface area (Å²) in [7, 11) is 1.64. The molecule has 1 saturated heterocycles. The smallest absolute Gasteiger partial charge is 0.250 e. The molecule has 0 radical (unpaired) electrons. The maximum atomic E-state index is 14.1. The van der Waals surface area contributed by atoms with Crippen molar-refractivity contribution in [2.75, 3.05) is 44.9 Å². The van der Waals surface area contributed by atoms with E-state index in [0.717, 1.165) is 35.3 Å². The van der Waals surface area contributed by atoms with Crippen molar-refractivity contribution in [3.8, 4) is 11.5 Å². The number of amides is 2. The lowest BCUT2D eigenvalue weighted by molar-refractivity contribution is -0.136. The highest BCUT2D eigenvalue weighted by atomic mass is 35.5. The van der Waals surface area contributed by atoms with E-state index in [4.69, 9.17) is 25.8 Å². The Morgan fingerprint density at radius 3 is 2.62 bits per heavy atom. The molecule has 3 aromatic rings. The number of hydrogen-bond donors (Lipinski definition) is 2. The SMILES string of the molecule is COc1ccccc1COCCCOc1ccc(N2C(=O)CNC[C@@H]2C(=O)N(Cc2cc(CNCC(F)F)ccc2Cl)C2CC2)cc1. The van der Waals surface area contributed by atoms with E-state index in [0.29, 0.717) is 49.2 Å². The first-order valence-electron chi connectivity index (χ1n) is 15.9. The molecule has 1 atom stereocenters. The number of carbonyl (C=O) groups is 2. The van der Waals surface area contributed by atoms with Gasteiger partial charge in [-0.1, -0.05) is 41.9 Å². The zero-order valence-corrected chi connectivity index (χ0v) is 27.2. The first-order valence-corrected chi connectivity index (χ1v) is 16.2. The molecular formula is C35H41ClF2N4O5. The van der Waals surface area contributed by atoms with Gasteiger partial charge < -0.3 is 29.7 Å². The molecule has 0 bridgehead atoms. The lowest BCUT2D eigenvalue weighted by Gasteiger charge is -2.38. The highest BCUT2D eigenvalue weighted by molar-refractivity contribution is 6.31. The summed E-state index contributed by atoms with van der Waals surface area (Å²) in [6.07, 6.45) is -0.0145. The summed E-state index contributed by atoms with van der Waals surface area (Å²) in [5.41, 5.74) is 3.13. The Hall–Kier alpha value is -3.77. The average molecular weight is 671 g/mol. The fraction of sp³-hybridized carbons (Fsp3) is 0.429. The molecule has 0 aromatic heterocycles. The van der Waals surface area contributed by atoms with Crippen molar-refractivity contribution in [2.24, 2.45) is 0 Å². The molecule has 1 aliphatic carbocycles. The summed E-state index contributed by atoms with van der Waals surface area (Å²) in [4.78, 5) is 30.6. The van der Waals surface area contributed by atoms with Crippen molar-refractivity contribution in [1.29, 1.82) is 0 Å². The molecule has 1 saturated carbocycles. The third-order valence-electron chi connectivity index (χ3n) is 8.10. The van der Waals surface area contributed by atoms with Crippen LogP contribution in [-0.4, -0.2) is 75.2 Å². The van der Waals surface area contributed by atoms with Crippen molar-refractivity contribution in [2.45, 2.75) is 57.5 Å². The maximum Gasteiger partial charge on any atom is 0.250 e. The van der Waals surface area contributed by atoms with Gasteiger partial charge in [0.1, 0.15) is 17.5 Å². The van der Waals surface area contributed by atoms with Gasteiger partial charge >= 0.3 is 0 Å². The van der Waals surface area contributed by atoms with E-state index in [1.807, 2.05) is 30.3 Å². The number of carbonyl (C=O) groups excluding carboxylic acids is 2. The van der Waals surface area contributed by atoms with Crippen molar-refractivity contribution >= 4 is 29.1 Å². The van der Waals surface area contributed by atoms with E-state index in [2.05, 4.69) is 10.6 Å². The predicted octanol–water partition coefficient (Wildman–Crippen LogP) is 5.19. The molecule has 2 aliphatic rings. The number of halogens is 3. The predicted molar refractivity (Wildman–Crippen MR) is 176 cm³/mol. The molecule has 2 fully saturated rings. The first-order chi connectivity index (χ1) is 22.8. The minimum Gasteiger partial charge on any atom is -0.496 e. The van der Waals surface area contributed by atoms with Crippen LogP contribution in [0.3, 0.4) is 0 Å². The number of methoxy groups -OCH3 is 1. The van der Waals surface area contributed by atoms with Crippen LogP contribution in [0.4, 0.5) is 14.5 Å². The largest absolute Gasteiger partial charge is 0.496 e. The summed E-state index contributed by atoms with van der Waals surface area (Å²) in [5, 5.41) is 6.31. The van der Waals surface area contributed by atoms with E-state index in [1.165, 1.54) is 0 Å². The fourth-order valence-electron chi connectivity index (χ4n) is 5.58. The normalized spacial score (nSPS) is 16.4. The van der Waals surface area contributed by atoms with Gasteiger partial charge in [-0.05, 0) is 60.4 Å². The number of nitrogens with one attached hydrogen (secondary N) is 2. The molecule has 9 nitrogen and oxygen atoms in total. The lowest BCUT2D eigenvalue weighted by Crippen LogP contribution is -2.61. The van der Waals surface area contributed by atoms with E-state index < -0.39 is 19.0 Å². The van der Waals surface area contributed by atoms with Gasteiger partial charge in [-0.25, -0.2) is 8.78 Å². The Balaban J connectivity index is 1.18. The fourth-order valence-corrected chi connectivity index (χ4v) is 5.76. The van der Waals surface area contributed by atoms with E-state index in [1.54, 1.807) is 53.3 Å². The topological polar surface area (TPSA) is 92.4 Å². The second kappa shape index (κ2) is 16.9. The van der Waals surface area contributed by atoms with Crippen molar-refractivity contribution < 1.29 is 32.6 Å². The molecule has 2 N–H and O–H groups in total. The van der Waals surface area contributed by atoms with E-state index >= 15 is 0 Å². The third kappa shape index (κ3) is 9.63. The zero-order valence-electron chi connectivity index (χ0n) is 26.4. The van der Waals surface area contributed by atoms with Crippen LogP contribution in [0.25, 0.3) is 0 Å². The Morgan fingerprint density at radius 1 is 1.09 bits per heavy atom. The number of rotatable bonds is 17. The number of para-hydroxylation sites is 1. The van der Waals surface area contributed by atoms with Crippen LogP contribution >= 0.6 is 11.6 Å². The first kappa shape index (κ1) is 34.6. The molecule has 3 aromatic carbocycles. The van der Waals surface area contributed by atoms with Crippen LogP contribution in [0, 0.1) is 0 Å². The second-order valence-electron chi connectivity index (χ2n) is 11.6. The van der Waals surface area contributed by atoms with Gasteiger partial charge in [-0.2, -0.15) is 0 Å². The van der Waals surface area contributed by atoms with Crippen LogP contribution in [0.15, 0.2) is 66.7 Å². The number of piperazine rings is 1. The maximum absolute atomic E-state index is 14.1. The van der Waals surface area contributed by atoms with Gasteiger partial charge in [0.25, 0.3) is 6.43 Å². The van der Waals surface area contributed by atoms with Crippen LogP contribution in [0.1, 0.15) is 36.0 Å². The van der Waals surface area contributed by atoms with Gasteiger partial charge in [0, 0.05) is 48.4 Å². The molecule has 2 amide bonds. The van der Waals surface area contributed by atoms with Crippen molar-refractivity contribution in [3.63, 3.8) is 0 Å². The number of ether oxygens (including phenoxy) is 3. The Bertz CT molecular complexity index is 1490. The van der Waals surface area contributed by atoms with Crippen molar-refractivity contribution in [1.82, 2.24) is 15.5 Å². The van der Waals surface area contributed by atoms with E-state index in [9.17, 15) is 18.4 Å². The van der Waals surface area contributed by atoms with Crippen LogP contribution in [0.5, 0.6) is 11.5 Å². The quantitative estimate of drug-likeness (QED) is 0.191. The second-order valence-corrected chi connectivity index (χ2v) is 12.0. The van der Waals surface area contributed by atoms with Crippen LogP contribution in [-0.2, 0) is 34.0 Å². The summed E-state index contributed by atoms with van der Waals surface area (Å²) in [6, 6.07) is 19.6. The molecule has 47 heavy (non-hydrogen) atoms. The standard InChI is InChI=1S/C35H41ClF2N4O5/c1-45-32-6-3-2-5-25(32)23-46-15-4-16-47-29-12-10-28(11-13-29)42-31(19-40-21-34(42)43)35(44)41(27-8-9-27)22-26-17-24(7-14-30(26)36)18-39-20-33(37)38/h2-3,5-7,10-14,17,27,31,33,39-40H,4,8-9,15-16,18-23H2,1H3/t31-/m1/s1. The highest BCUT2D eigenvalue weighted by Crippen LogP contribution is 2.33. The molecule has 0 unspecified atom stereocenters. The lowest BCUT2D eigenvalue weighted by atomic mass is 10.1. The monoisotopic (exact) mass is 670 g/mol. The third-order valence-corrected chi connectivity index (χ3v) is 8.46. The summed E-state index contributed by atoms with van der Waals surface area (Å²) in [5.74, 6) is 1.08. The van der Waals surface area contributed by atoms with Crippen LogP contribution < -0.4 is 25.0 Å². The molecule has 12 heteroatoms. The number of anilines is 1. The van der Waals surface area contributed by atoms with Gasteiger partial charge in [0.15, 0.2) is 0 Å². The number of alkyl halides is 2. The molecule has 252 valence electrons. The minimum absolute atomic E-state index is 0.0486. The van der Waals surface area contributed by atoms with Crippen molar-refractivity contribution in [3.05, 3.63) is 88.4 Å². The van der Waals surface area contributed by atoms with Gasteiger partial charge in [0.2, 0.25) is 11.8 Å². The molecule has 0 spiro atoms. The zero-order chi connectivity index (χ0) is 33.2. The highest BCUT2D eigenvalue weighted by Gasteiger charge is 2.41. The summed E-state index contributed by atoms with van der Waals surface area (Å²) in [6.45, 7) is 1.99. The van der Waals surface area contributed by atoms with Gasteiger partial charge in [0.05, 0.1) is 40.0 Å². The number of benzene rings is 3. The minimum atomic E-state index is -2.44. The van der Waals surface area contributed by atoms with Gasteiger partial charge in [-0.3, -0.25) is 14.5 Å². The molecule has 1 heterocycles.